The van der Waals surface area contributed by atoms with Gasteiger partial charge < -0.3 is 19.2 Å². The lowest BCUT2D eigenvalue weighted by molar-refractivity contribution is -0.0287. The minimum atomic E-state index is -0.465. The third-order valence-electron chi connectivity index (χ3n) is 4.99. The number of oxime groups is 1. The van der Waals surface area contributed by atoms with Gasteiger partial charge in [-0.2, -0.15) is 0 Å². The average Bonchev–Trinajstić information content (AvgIpc) is 2.72. The van der Waals surface area contributed by atoms with E-state index in [1.54, 1.807) is 4.90 Å². The molecule has 30 heavy (non-hydrogen) atoms. The Hall–Kier alpha value is -2.60. The van der Waals surface area contributed by atoms with Gasteiger partial charge in [-0.15, -0.1) is 0 Å². The average molecular weight is 413 g/mol. The molecule has 3 rings (SSSR count). The van der Waals surface area contributed by atoms with E-state index in [-0.39, 0.29) is 12.2 Å². The summed E-state index contributed by atoms with van der Waals surface area (Å²) >= 11 is 0. The van der Waals surface area contributed by atoms with Crippen molar-refractivity contribution < 1.29 is 19.1 Å². The molecule has 0 spiro atoms. The molecule has 1 heterocycles. The first-order valence-electron chi connectivity index (χ1n) is 10.6. The second kappa shape index (κ2) is 9.94. The van der Waals surface area contributed by atoms with Crippen LogP contribution in [-0.4, -0.2) is 54.7 Å². The molecule has 1 fully saturated rings. The van der Waals surface area contributed by atoms with Crippen LogP contribution in [-0.2, 0) is 14.3 Å². The number of ether oxygens (including phenoxy) is 2. The number of piperidine rings is 1. The number of amides is 1. The van der Waals surface area contributed by atoms with E-state index in [0.717, 1.165) is 24.1 Å². The fourth-order valence-corrected chi connectivity index (χ4v) is 3.39. The molecule has 2 aromatic carbocycles. The summed E-state index contributed by atoms with van der Waals surface area (Å²) < 4.78 is 11.3. The lowest BCUT2D eigenvalue weighted by Gasteiger charge is -2.33. The van der Waals surface area contributed by atoms with Gasteiger partial charge >= 0.3 is 6.09 Å². The summed E-state index contributed by atoms with van der Waals surface area (Å²) in [4.78, 5) is 19.3. The standard InChI is InChI=1S/C24H32N2O4/c1-18(20-10-9-19-7-5-6-8-21(19)17-20)25-29-16-15-28-22-11-13-26(14-12-22)23(27)30-24(2,3)4/h5-10,17,22H,11-16H2,1-4H3. The summed E-state index contributed by atoms with van der Waals surface area (Å²) in [5.74, 6) is 0. The number of carbonyl (C=O) groups is 1. The van der Waals surface area contributed by atoms with Crippen LogP contribution in [0.2, 0.25) is 0 Å². The zero-order valence-electron chi connectivity index (χ0n) is 18.4. The molecule has 0 N–H and O–H groups in total. The second-order valence-corrected chi connectivity index (χ2v) is 8.61. The van der Waals surface area contributed by atoms with Gasteiger partial charge in [0.05, 0.1) is 18.4 Å². The van der Waals surface area contributed by atoms with Crippen LogP contribution >= 0.6 is 0 Å². The highest BCUT2D eigenvalue weighted by atomic mass is 16.6. The maximum absolute atomic E-state index is 12.1. The van der Waals surface area contributed by atoms with Crippen LogP contribution in [0.5, 0.6) is 0 Å². The van der Waals surface area contributed by atoms with Crippen LogP contribution in [0.25, 0.3) is 10.8 Å². The molecule has 6 nitrogen and oxygen atoms in total. The minimum absolute atomic E-state index is 0.137. The number of hydrogen-bond donors (Lipinski definition) is 0. The van der Waals surface area contributed by atoms with Crippen molar-refractivity contribution in [1.29, 1.82) is 0 Å². The molecule has 6 heteroatoms. The largest absolute Gasteiger partial charge is 0.444 e. The number of rotatable bonds is 6. The van der Waals surface area contributed by atoms with E-state index >= 15 is 0 Å². The Bertz CT molecular complexity index is 880. The predicted octanol–water partition coefficient (Wildman–Crippen LogP) is 5.00. The fourth-order valence-electron chi connectivity index (χ4n) is 3.39. The first kappa shape index (κ1) is 22.1. The third kappa shape index (κ3) is 6.46. The number of fused-ring (bicyclic) bond motifs is 1. The van der Waals surface area contributed by atoms with Crippen LogP contribution < -0.4 is 0 Å². The molecule has 0 atom stereocenters. The number of carbonyl (C=O) groups excluding carboxylic acids is 1. The highest BCUT2D eigenvalue weighted by Gasteiger charge is 2.27. The van der Waals surface area contributed by atoms with Crippen molar-refractivity contribution in [1.82, 2.24) is 4.90 Å². The molecule has 1 amide bonds. The lowest BCUT2D eigenvalue weighted by Crippen LogP contribution is -2.43. The van der Waals surface area contributed by atoms with Crippen LogP contribution in [0.15, 0.2) is 47.6 Å². The van der Waals surface area contributed by atoms with E-state index < -0.39 is 5.60 Å². The summed E-state index contributed by atoms with van der Waals surface area (Å²) in [5.41, 5.74) is 1.42. The summed E-state index contributed by atoms with van der Waals surface area (Å²) in [5, 5.41) is 6.62. The molecule has 0 aliphatic carbocycles. The van der Waals surface area contributed by atoms with Crippen LogP contribution in [0.4, 0.5) is 4.79 Å². The third-order valence-corrected chi connectivity index (χ3v) is 4.99. The molecule has 1 saturated heterocycles. The minimum Gasteiger partial charge on any atom is -0.444 e. The molecular weight excluding hydrogens is 380 g/mol. The first-order chi connectivity index (χ1) is 14.3. The Kier molecular flexibility index (Phi) is 7.32. The normalized spacial score (nSPS) is 16.0. The summed E-state index contributed by atoms with van der Waals surface area (Å²) in [7, 11) is 0. The first-order valence-corrected chi connectivity index (χ1v) is 10.6. The van der Waals surface area contributed by atoms with Crippen molar-refractivity contribution in [2.45, 2.75) is 52.2 Å². The van der Waals surface area contributed by atoms with E-state index in [4.69, 9.17) is 14.3 Å². The number of nitrogens with zero attached hydrogens (tertiary/aromatic N) is 2. The Labute approximate surface area is 178 Å². The van der Waals surface area contributed by atoms with Crippen molar-refractivity contribution in [3.05, 3.63) is 48.0 Å². The second-order valence-electron chi connectivity index (χ2n) is 8.61. The van der Waals surface area contributed by atoms with Crippen molar-refractivity contribution >= 4 is 22.6 Å². The van der Waals surface area contributed by atoms with Crippen molar-refractivity contribution in [3.8, 4) is 0 Å². The quantitative estimate of drug-likeness (QED) is 0.381. The summed E-state index contributed by atoms with van der Waals surface area (Å²) in [6.07, 6.45) is 1.50. The van der Waals surface area contributed by atoms with Crippen molar-refractivity contribution in [3.63, 3.8) is 0 Å². The molecular formula is C24H32N2O4. The molecule has 0 saturated carbocycles. The summed E-state index contributed by atoms with van der Waals surface area (Å²) in [6, 6.07) is 14.5. The Morgan fingerprint density at radius 3 is 2.47 bits per heavy atom. The highest BCUT2D eigenvalue weighted by molar-refractivity contribution is 6.01. The van der Waals surface area contributed by atoms with Gasteiger partial charge in [-0.05, 0) is 62.9 Å². The van der Waals surface area contributed by atoms with Gasteiger partial charge in [0.1, 0.15) is 12.2 Å². The predicted molar refractivity (Wildman–Crippen MR) is 119 cm³/mol. The molecule has 0 bridgehead atoms. The smallest absolute Gasteiger partial charge is 0.410 e. The van der Waals surface area contributed by atoms with Gasteiger partial charge in [0.2, 0.25) is 0 Å². The monoisotopic (exact) mass is 412 g/mol. The lowest BCUT2D eigenvalue weighted by atomic mass is 10.0. The molecule has 2 aromatic rings. The Morgan fingerprint density at radius 2 is 1.77 bits per heavy atom. The van der Waals surface area contributed by atoms with Gasteiger partial charge in [0.15, 0.2) is 0 Å². The maximum atomic E-state index is 12.1. The molecule has 0 radical (unpaired) electrons. The molecule has 0 unspecified atom stereocenters. The van der Waals surface area contributed by atoms with Gasteiger partial charge in [0, 0.05) is 13.1 Å². The van der Waals surface area contributed by atoms with Crippen molar-refractivity contribution in [2.24, 2.45) is 5.16 Å². The van der Waals surface area contributed by atoms with Crippen LogP contribution in [0.1, 0.15) is 46.1 Å². The van der Waals surface area contributed by atoms with E-state index in [9.17, 15) is 4.79 Å². The topological polar surface area (TPSA) is 60.4 Å². The van der Waals surface area contributed by atoms with Crippen LogP contribution in [0.3, 0.4) is 0 Å². The molecule has 162 valence electrons. The number of hydrogen-bond acceptors (Lipinski definition) is 5. The van der Waals surface area contributed by atoms with E-state index in [0.29, 0.717) is 26.3 Å². The Morgan fingerprint density at radius 1 is 1.07 bits per heavy atom. The van der Waals surface area contributed by atoms with Gasteiger partial charge in [-0.1, -0.05) is 41.6 Å². The number of benzene rings is 2. The molecule has 1 aliphatic heterocycles. The maximum Gasteiger partial charge on any atom is 0.410 e. The zero-order chi connectivity index (χ0) is 21.6. The summed E-state index contributed by atoms with van der Waals surface area (Å²) in [6.45, 7) is 9.76. The molecule has 1 aliphatic rings. The SMILES string of the molecule is CC(=NOCCOC1CCN(C(=O)OC(C)(C)C)CC1)c1ccc2ccccc2c1. The van der Waals surface area contributed by atoms with Gasteiger partial charge in [-0.3, -0.25) is 0 Å². The Balaban J connectivity index is 1.36. The van der Waals surface area contributed by atoms with Gasteiger partial charge in [-0.25, -0.2) is 4.79 Å². The fraction of sp³-hybridized carbons (Fsp3) is 0.500. The van der Waals surface area contributed by atoms with Crippen molar-refractivity contribution in [2.75, 3.05) is 26.3 Å². The molecule has 0 aromatic heterocycles. The van der Waals surface area contributed by atoms with E-state index in [2.05, 4.69) is 35.5 Å². The van der Waals surface area contributed by atoms with E-state index in [1.165, 1.54) is 10.8 Å². The van der Waals surface area contributed by atoms with Gasteiger partial charge in [0.25, 0.3) is 0 Å². The van der Waals surface area contributed by atoms with Crippen LogP contribution in [0, 0.1) is 0 Å². The highest BCUT2D eigenvalue weighted by Crippen LogP contribution is 2.18. The number of likely N-dealkylation sites (tertiary alicyclic amines) is 1. The zero-order valence-corrected chi connectivity index (χ0v) is 18.4. The van der Waals surface area contributed by atoms with E-state index in [1.807, 2.05) is 39.8 Å².